The molecule has 1 aromatic heterocycles. The van der Waals surface area contributed by atoms with Gasteiger partial charge < -0.3 is 24.8 Å². The van der Waals surface area contributed by atoms with E-state index in [2.05, 4.69) is 75.6 Å². The van der Waals surface area contributed by atoms with Crippen LogP contribution >= 0.6 is 0 Å². The summed E-state index contributed by atoms with van der Waals surface area (Å²) in [4.78, 5) is 24.2. The number of likely N-dealkylation sites (tertiary alicyclic amines) is 1. The zero-order chi connectivity index (χ0) is 32.9. The number of fused-ring (bicyclic) bond motifs is 1. The number of ether oxygens (including phenoxy) is 2. The normalized spacial score (nSPS) is 21.6. The van der Waals surface area contributed by atoms with E-state index in [0.717, 1.165) is 58.5 Å². The molecule has 0 radical (unpaired) electrons. The Balaban J connectivity index is 1.05. The van der Waals surface area contributed by atoms with Crippen molar-refractivity contribution >= 4 is 16.9 Å². The molecule has 4 aromatic carbocycles. The molecule has 2 aliphatic rings. The largest absolute Gasteiger partial charge is 0.392 e. The van der Waals surface area contributed by atoms with Crippen molar-refractivity contribution < 1.29 is 19.4 Å². The zero-order valence-corrected chi connectivity index (χ0v) is 27.3. The standard InChI is InChI=1S/C40H42N4O4/c1-27-37(25-44-20-5-2-6-21-44)47-40(48-38(27)31-14-12-28(26-45)13-15-31)32-18-16-30(17-19-32)33-9-7-8-29(22-33)23-42-39(46)36-24-41-34-10-3-4-11-35(34)43-36/h3-4,7-19,22,24,27,37-38,40,45H,2,5-6,20-21,23,25-26H2,1H3,(H,42,46). The summed E-state index contributed by atoms with van der Waals surface area (Å²) in [6, 6.07) is 32.2. The minimum atomic E-state index is -0.493. The summed E-state index contributed by atoms with van der Waals surface area (Å²) in [5, 5.41) is 12.6. The molecule has 7 rings (SSSR count). The second kappa shape index (κ2) is 14.7. The summed E-state index contributed by atoms with van der Waals surface area (Å²) in [5.74, 6) is -0.0926. The Labute approximate surface area is 281 Å². The maximum Gasteiger partial charge on any atom is 0.271 e. The third-order valence-corrected chi connectivity index (χ3v) is 9.59. The molecule has 1 amide bonds. The average molecular weight is 643 g/mol. The molecule has 5 aromatic rings. The van der Waals surface area contributed by atoms with Crippen molar-refractivity contribution in [2.45, 2.75) is 57.8 Å². The van der Waals surface area contributed by atoms with Gasteiger partial charge in [-0.2, -0.15) is 0 Å². The van der Waals surface area contributed by atoms with Gasteiger partial charge in [-0.15, -0.1) is 0 Å². The molecule has 0 aliphatic carbocycles. The summed E-state index contributed by atoms with van der Waals surface area (Å²) in [7, 11) is 0. The first-order valence-corrected chi connectivity index (χ1v) is 17.0. The lowest BCUT2D eigenvalue weighted by atomic mass is 9.89. The highest BCUT2D eigenvalue weighted by atomic mass is 16.7. The zero-order valence-electron chi connectivity index (χ0n) is 27.3. The third kappa shape index (κ3) is 7.32. The molecule has 2 N–H and O–H groups in total. The lowest BCUT2D eigenvalue weighted by molar-refractivity contribution is -0.276. The SMILES string of the molecule is CC1C(CN2CCCCC2)OC(c2ccc(-c3cccc(CNC(=O)c4cnc5ccccc5n4)c3)cc2)OC1c1ccc(CO)cc1. The molecule has 2 saturated heterocycles. The molecule has 2 aliphatic heterocycles. The Kier molecular flexibility index (Phi) is 9.86. The van der Waals surface area contributed by atoms with E-state index in [9.17, 15) is 9.90 Å². The number of aromatic nitrogens is 2. The van der Waals surface area contributed by atoms with Crippen LogP contribution in [0.2, 0.25) is 0 Å². The van der Waals surface area contributed by atoms with Crippen LogP contribution in [0.1, 0.15) is 71.3 Å². The van der Waals surface area contributed by atoms with Gasteiger partial charge in [-0.1, -0.05) is 92.2 Å². The monoisotopic (exact) mass is 642 g/mol. The van der Waals surface area contributed by atoms with Crippen molar-refractivity contribution in [2.24, 2.45) is 5.92 Å². The van der Waals surface area contributed by atoms with Crippen LogP contribution < -0.4 is 5.32 Å². The average Bonchev–Trinajstić information content (AvgIpc) is 3.15. The fourth-order valence-corrected chi connectivity index (χ4v) is 6.76. The number of para-hydroxylation sites is 2. The summed E-state index contributed by atoms with van der Waals surface area (Å²) in [6.45, 7) is 5.74. The molecule has 0 saturated carbocycles. The first kappa shape index (κ1) is 32.1. The number of carbonyl (C=O) groups excluding carboxylic acids is 1. The van der Waals surface area contributed by atoms with Gasteiger partial charge in [0.05, 0.1) is 36.0 Å². The van der Waals surface area contributed by atoms with Crippen LogP contribution in [-0.4, -0.2) is 51.6 Å². The van der Waals surface area contributed by atoms with Gasteiger partial charge in [0, 0.05) is 24.6 Å². The van der Waals surface area contributed by atoms with Crippen molar-refractivity contribution in [3.05, 3.63) is 131 Å². The summed E-state index contributed by atoms with van der Waals surface area (Å²) in [5.41, 5.74) is 7.83. The van der Waals surface area contributed by atoms with E-state index in [-0.39, 0.29) is 30.6 Å². The first-order chi connectivity index (χ1) is 23.5. The van der Waals surface area contributed by atoms with E-state index in [1.807, 2.05) is 48.5 Å². The minimum absolute atomic E-state index is 0.0229. The molecule has 0 spiro atoms. The number of hydrogen-bond donors (Lipinski definition) is 2. The van der Waals surface area contributed by atoms with Gasteiger partial charge >= 0.3 is 0 Å². The van der Waals surface area contributed by atoms with Crippen LogP contribution in [-0.2, 0) is 22.6 Å². The second-order valence-electron chi connectivity index (χ2n) is 12.9. The molecule has 8 heteroatoms. The molecule has 3 heterocycles. The van der Waals surface area contributed by atoms with E-state index in [1.54, 1.807) is 0 Å². The van der Waals surface area contributed by atoms with Crippen molar-refractivity contribution in [1.29, 1.82) is 0 Å². The fourth-order valence-electron chi connectivity index (χ4n) is 6.76. The van der Waals surface area contributed by atoms with Crippen molar-refractivity contribution in [3.8, 4) is 11.1 Å². The van der Waals surface area contributed by atoms with Gasteiger partial charge in [-0.05, 0) is 71.9 Å². The number of benzene rings is 4. The van der Waals surface area contributed by atoms with Crippen LogP contribution in [0.25, 0.3) is 22.2 Å². The van der Waals surface area contributed by atoms with Crippen LogP contribution in [0.3, 0.4) is 0 Å². The molecule has 0 bridgehead atoms. The number of aliphatic hydroxyl groups excluding tert-OH is 1. The summed E-state index contributed by atoms with van der Waals surface area (Å²) >= 11 is 0. The van der Waals surface area contributed by atoms with Crippen LogP contribution in [0.5, 0.6) is 0 Å². The summed E-state index contributed by atoms with van der Waals surface area (Å²) < 4.78 is 13.4. The Hall–Kier alpha value is -4.47. The lowest BCUT2D eigenvalue weighted by Gasteiger charge is -2.43. The smallest absolute Gasteiger partial charge is 0.271 e. The molecular weight excluding hydrogens is 600 g/mol. The highest BCUT2D eigenvalue weighted by molar-refractivity contribution is 5.93. The third-order valence-electron chi connectivity index (χ3n) is 9.59. The van der Waals surface area contributed by atoms with Crippen molar-refractivity contribution in [2.75, 3.05) is 19.6 Å². The molecule has 48 heavy (non-hydrogen) atoms. The van der Waals surface area contributed by atoms with E-state index >= 15 is 0 Å². The van der Waals surface area contributed by atoms with E-state index in [0.29, 0.717) is 17.8 Å². The Morgan fingerprint density at radius 2 is 1.58 bits per heavy atom. The number of nitrogens with zero attached hydrogens (tertiary/aromatic N) is 3. The molecule has 8 nitrogen and oxygen atoms in total. The number of carbonyl (C=O) groups is 1. The van der Waals surface area contributed by atoms with Crippen molar-refractivity contribution in [1.82, 2.24) is 20.2 Å². The van der Waals surface area contributed by atoms with Gasteiger partial charge in [0.2, 0.25) is 0 Å². The maximum absolute atomic E-state index is 12.9. The number of aliphatic hydroxyl groups is 1. The Bertz CT molecular complexity index is 1840. The fraction of sp³-hybridized carbons (Fsp3) is 0.325. The predicted octanol–water partition coefficient (Wildman–Crippen LogP) is 7.00. The van der Waals surface area contributed by atoms with Gasteiger partial charge in [0.1, 0.15) is 5.69 Å². The van der Waals surface area contributed by atoms with Crippen molar-refractivity contribution in [3.63, 3.8) is 0 Å². The van der Waals surface area contributed by atoms with E-state index in [4.69, 9.17) is 9.47 Å². The summed E-state index contributed by atoms with van der Waals surface area (Å²) in [6.07, 6.45) is 4.69. The molecule has 2 fully saturated rings. The molecule has 4 atom stereocenters. The van der Waals surface area contributed by atoms with E-state index in [1.165, 1.54) is 25.5 Å². The van der Waals surface area contributed by atoms with Gasteiger partial charge in [0.15, 0.2) is 6.29 Å². The maximum atomic E-state index is 12.9. The Morgan fingerprint density at radius 1 is 0.833 bits per heavy atom. The second-order valence-corrected chi connectivity index (χ2v) is 12.9. The Morgan fingerprint density at radius 3 is 2.35 bits per heavy atom. The number of rotatable bonds is 9. The molecular formula is C40H42N4O4. The molecule has 246 valence electrons. The van der Waals surface area contributed by atoms with Gasteiger partial charge in [0.25, 0.3) is 5.91 Å². The minimum Gasteiger partial charge on any atom is -0.392 e. The number of nitrogens with one attached hydrogen (secondary N) is 1. The number of piperidine rings is 1. The number of hydrogen-bond acceptors (Lipinski definition) is 7. The quantitative estimate of drug-likeness (QED) is 0.179. The van der Waals surface area contributed by atoms with Crippen LogP contribution in [0.4, 0.5) is 0 Å². The first-order valence-electron chi connectivity index (χ1n) is 17.0. The highest BCUT2D eigenvalue weighted by Gasteiger charge is 2.39. The van der Waals surface area contributed by atoms with E-state index < -0.39 is 6.29 Å². The topological polar surface area (TPSA) is 96.8 Å². The molecule has 4 unspecified atom stereocenters. The van der Waals surface area contributed by atoms with Crippen LogP contribution in [0, 0.1) is 5.92 Å². The number of amides is 1. The lowest BCUT2D eigenvalue weighted by Crippen LogP contribution is -2.45. The van der Waals surface area contributed by atoms with Crippen LogP contribution in [0.15, 0.2) is 103 Å². The van der Waals surface area contributed by atoms with Gasteiger partial charge in [-0.25, -0.2) is 4.98 Å². The predicted molar refractivity (Wildman–Crippen MR) is 186 cm³/mol. The highest BCUT2D eigenvalue weighted by Crippen LogP contribution is 2.42. The van der Waals surface area contributed by atoms with Gasteiger partial charge in [-0.3, -0.25) is 9.78 Å².